The zero-order chi connectivity index (χ0) is 10.8. The van der Waals surface area contributed by atoms with E-state index >= 15 is 0 Å². The molecule has 2 aliphatic rings. The maximum Gasteiger partial charge on any atom is 0.223 e. The van der Waals surface area contributed by atoms with Gasteiger partial charge in [-0.1, -0.05) is 19.3 Å². The summed E-state index contributed by atoms with van der Waals surface area (Å²) in [6, 6.07) is 0.288. The third-order valence-corrected chi connectivity index (χ3v) is 3.51. The molecule has 1 amide bonds. The van der Waals surface area contributed by atoms with E-state index in [1.54, 1.807) is 4.90 Å². The third kappa shape index (κ3) is 2.13. The SMILES string of the molecule is O=C([O-])C1CC(=O)N(C2CCCCC2)C1. The number of carbonyl (C=O) groups excluding carboxylic acids is 2. The number of carboxylic acid groups (broad SMARTS) is 1. The van der Waals surface area contributed by atoms with E-state index in [2.05, 4.69) is 0 Å². The molecule has 0 aromatic carbocycles. The van der Waals surface area contributed by atoms with Crippen molar-refractivity contribution in [1.82, 2.24) is 4.90 Å². The highest BCUT2D eigenvalue weighted by Gasteiger charge is 2.35. The Kier molecular flexibility index (Phi) is 2.93. The maximum atomic E-state index is 11.6. The van der Waals surface area contributed by atoms with Gasteiger partial charge in [0.2, 0.25) is 5.91 Å². The molecule has 84 valence electrons. The van der Waals surface area contributed by atoms with Crippen molar-refractivity contribution in [2.24, 2.45) is 5.92 Å². The van der Waals surface area contributed by atoms with E-state index in [9.17, 15) is 14.7 Å². The minimum Gasteiger partial charge on any atom is -0.550 e. The third-order valence-electron chi connectivity index (χ3n) is 3.51. The van der Waals surface area contributed by atoms with Crippen LogP contribution >= 0.6 is 0 Å². The Morgan fingerprint density at radius 1 is 1.27 bits per heavy atom. The first kappa shape index (κ1) is 10.5. The summed E-state index contributed by atoms with van der Waals surface area (Å²) in [5.41, 5.74) is 0. The molecule has 2 rings (SSSR count). The number of hydrogen-bond donors (Lipinski definition) is 0. The van der Waals surface area contributed by atoms with Crippen LogP contribution in [0.25, 0.3) is 0 Å². The van der Waals surface area contributed by atoms with E-state index in [1.165, 1.54) is 6.42 Å². The minimum absolute atomic E-state index is 0.00361. The molecule has 1 aliphatic heterocycles. The number of likely N-dealkylation sites (tertiary alicyclic amines) is 1. The standard InChI is InChI=1S/C11H17NO3/c13-10-6-8(11(14)15)7-12(10)9-4-2-1-3-5-9/h8-9H,1-7H2,(H,14,15)/p-1. The van der Waals surface area contributed by atoms with Gasteiger partial charge in [0.15, 0.2) is 0 Å². The van der Waals surface area contributed by atoms with E-state index < -0.39 is 11.9 Å². The van der Waals surface area contributed by atoms with Crippen LogP contribution in [0.1, 0.15) is 38.5 Å². The first-order valence-electron chi connectivity index (χ1n) is 5.69. The Morgan fingerprint density at radius 3 is 2.47 bits per heavy atom. The van der Waals surface area contributed by atoms with Gasteiger partial charge in [-0.2, -0.15) is 0 Å². The molecule has 0 aromatic heterocycles. The van der Waals surface area contributed by atoms with Crippen LogP contribution in [0.4, 0.5) is 0 Å². The second-order valence-electron chi connectivity index (χ2n) is 4.56. The molecule has 15 heavy (non-hydrogen) atoms. The molecule has 4 heteroatoms. The van der Waals surface area contributed by atoms with Gasteiger partial charge in [-0.3, -0.25) is 4.79 Å². The zero-order valence-corrected chi connectivity index (χ0v) is 8.78. The lowest BCUT2D eigenvalue weighted by atomic mass is 9.94. The summed E-state index contributed by atoms with van der Waals surface area (Å²) in [5.74, 6) is -1.67. The Morgan fingerprint density at radius 2 is 1.93 bits per heavy atom. The lowest BCUT2D eigenvalue weighted by Crippen LogP contribution is -2.39. The van der Waals surface area contributed by atoms with E-state index in [-0.39, 0.29) is 18.4 Å². The van der Waals surface area contributed by atoms with E-state index in [1.807, 2.05) is 0 Å². The predicted octanol–water partition coefficient (Wildman–Crippen LogP) is -0.0825. The average molecular weight is 210 g/mol. The van der Waals surface area contributed by atoms with Gasteiger partial charge in [0.05, 0.1) is 0 Å². The number of amides is 1. The van der Waals surface area contributed by atoms with E-state index in [0.717, 1.165) is 25.7 Å². The zero-order valence-electron chi connectivity index (χ0n) is 8.78. The maximum absolute atomic E-state index is 11.6. The van der Waals surface area contributed by atoms with Crippen molar-refractivity contribution < 1.29 is 14.7 Å². The molecule has 0 aromatic rings. The highest BCUT2D eigenvalue weighted by Crippen LogP contribution is 2.28. The van der Waals surface area contributed by atoms with Crippen molar-refractivity contribution >= 4 is 11.9 Å². The summed E-state index contributed by atoms with van der Waals surface area (Å²) in [7, 11) is 0. The molecule has 1 unspecified atom stereocenters. The van der Waals surface area contributed by atoms with Crippen molar-refractivity contribution in [3.8, 4) is 0 Å². The number of carbonyl (C=O) groups is 2. The van der Waals surface area contributed by atoms with Gasteiger partial charge < -0.3 is 14.8 Å². The summed E-state index contributed by atoms with van der Waals surface area (Å²) < 4.78 is 0. The van der Waals surface area contributed by atoms with Gasteiger partial charge in [-0.25, -0.2) is 0 Å². The minimum atomic E-state index is -1.08. The van der Waals surface area contributed by atoms with Gasteiger partial charge in [0, 0.05) is 30.9 Å². The average Bonchev–Trinajstić information content (AvgIpc) is 2.62. The Labute approximate surface area is 89.3 Å². The fourth-order valence-electron chi connectivity index (χ4n) is 2.64. The molecular weight excluding hydrogens is 194 g/mol. The summed E-state index contributed by atoms with van der Waals surface area (Å²) >= 11 is 0. The van der Waals surface area contributed by atoms with Crippen LogP contribution in [0.5, 0.6) is 0 Å². The largest absolute Gasteiger partial charge is 0.550 e. The molecule has 1 atom stereocenters. The smallest absolute Gasteiger partial charge is 0.223 e. The molecule has 0 spiro atoms. The van der Waals surface area contributed by atoms with Crippen molar-refractivity contribution in [3.05, 3.63) is 0 Å². The van der Waals surface area contributed by atoms with Crippen LogP contribution in [0, 0.1) is 5.92 Å². The fourth-order valence-corrected chi connectivity index (χ4v) is 2.64. The summed E-state index contributed by atoms with van der Waals surface area (Å²) in [4.78, 5) is 24.1. The fraction of sp³-hybridized carbons (Fsp3) is 0.818. The Hall–Kier alpha value is -1.06. The van der Waals surface area contributed by atoms with Gasteiger partial charge >= 0.3 is 0 Å². The van der Waals surface area contributed by atoms with Crippen LogP contribution in [0.3, 0.4) is 0 Å². The summed E-state index contributed by atoms with van der Waals surface area (Å²) in [6.07, 6.45) is 5.76. The Balaban J connectivity index is 1.97. The van der Waals surface area contributed by atoms with Crippen LogP contribution < -0.4 is 5.11 Å². The topological polar surface area (TPSA) is 60.4 Å². The van der Waals surface area contributed by atoms with Crippen LogP contribution in [-0.2, 0) is 9.59 Å². The van der Waals surface area contributed by atoms with Crippen LogP contribution in [0.2, 0.25) is 0 Å². The van der Waals surface area contributed by atoms with Crippen molar-refractivity contribution in [3.63, 3.8) is 0 Å². The summed E-state index contributed by atoms with van der Waals surface area (Å²) in [6.45, 7) is 0.367. The van der Waals surface area contributed by atoms with Crippen molar-refractivity contribution in [1.29, 1.82) is 0 Å². The highest BCUT2D eigenvalue weighted by atomic mass is 16.4. The molecule has 1 saturated heterocycles. The van der Waals surface area contributed by atoms with E-state index in [0.29, 0.717) is 6.54 Å². The molecule has 1 saturated carbocycles. The molecule has 2 fully saturated rings. The molecule has 4 nitrogen and oxygen atoms in total. The summed E-state index contributed by atoms with van der Waals surface area (Å²) in [5, 5.41) is 10.7. The second-order valence-corrected chi connectivity index (χ2v) is 4.56. The molecule has 1 heterocycles. The lowest BCUT2D eigenvalue weighted by Gasteiger charge is -2.31. The molecule has 0 radical (unpaired) electrons. The number of carboxylic acids is 1. The van der Waals surface area contributed by atoms with Crippen molar-refractivity contribution in [2.75, 3.05) is 6.54 Å². The first-order valence-corrected chi connectivity index (χ1v) is 5.69. The van der Waals surface area contributed by atoms with Gasteiger partial charge in [0.25, 0.3) is 0 Å². The first-order chi connectivity index (χ1) is 7.18. The van der Waals surface area contributed by atoms with E-state index in [4.69, 9.17) is 0 Å². The molecular formula is C11H16NO3-. The van der Waals surface area contributed by atoms with Gasteiger partial charge in [-0.15, -0.1) is 0 Å². The molecule has 0 bridgehead atoms. The number of hydrogen-bond acceptors (Lipinski definition) is 3. The predicted molar refractivity (Wildman–Crippen MR) is 51.7 cm³/mol. The van der Waals surface area contributed by atoms with Crippen molar-refractivity contribution in [2.45, 2.75) is 44.6 Å². The highest BCUT2D eigenvalue weighted by molar-refractivity contribution is 5.85. The Bertz CT molecular complexity index is 271. The molecule has 1 aliphatic carbocycles. The number of rotatable bonds is 2. The number of aliphatic carboxylic acids is 1. The van der Waals surface area contributed by atoms with Gasteiger partial charge in [-0.05, 0) is 12.8 Å². The normalized spacial score (nSPS) is 28.4. The van der Waals surface area contributed by atoms with Gasteiger partial charge in [0.1, 0.15) is 0 Å². The number of nitrogens with zero attached hydrogens (tertiary/aromatic N) is 1. The lowest BCUT2D eigenvalue weighted by molar-refractivity contribution is -0.311. The van der Waals surface area contributed by atoms with Crippen LogP contribution in [-0.4, -0.2) is 29.4 Å². The monoisotopic (exact) mass is 210 g/mol. The quantitative estimate of drug-likeness (QED) is 0.640. The second kappa shape index (κ2) is 4.21. The van der Waals surface area contributed by atoms with Crippen LogP contribution in [0.15, 0.2) is 0 Å². The molecule has 0 N–H and O–H groups in total.